The molecular weight excluding hydrogens is 323 g/mol. The number of anilines is 1. The van der Waals surface area contributed by atoms with E-state index in [9.17, 15) is 9.50 Å². The van der Waals surface area contributed by atoms with Gasteiger partial charge >= 0.3 is 0 Å². The Bertz CT molecular complexity index is 554. The third-order valence-corrected chi connectivity index (χ3v) is 3.74. The Balaban J connectivity index is 2.12. The molecule has 1 atom stereocenters. The van der Waals surface area contributed by atoms with Gasteiger partial charge in [-0.2, -0.15) is 0 Å². The Labute approximate surface area is 125 Å². The fourth-order valence-corrected chi connectivity index (χ4v) is 2.38. The summed E-state index contributed by atoms with van der Waals surface area (Å²) in [5.74, 6) is -0.491. The number of nitrogens with one attached hydrogen (secondary N) is 1. The summed E-state index contributed by atoms with van der Waals surface area (Å²) in [6.07, 6.45) is 0. The Morgan fingerprint density at radius 3 is 2.55 bits per heavy atom. The molecule has 0 spiro atoms. The molecule has 4 N–H and O–H groups in total. The van der Waals surface area contributed by atoms with E-state index in [2.05, 4.69) is 21.2 Å². The molecule has 0 aliphatic rings. The number of aliphatic hydroxyl groups is 1. The van der Waals surface area contributed by atoms with E-state index in [1.165, 1.54) is 6.07 Å². The van der Waals surface area contributed by atoms with Crippen LogP contribution in [0.1, 0.15) is 17.2 Å². The second kappa shape index (κ2) is 6.83. The average molecular weight is 339 g/mol. The van der Waals surface area contributed by atoms with E-state index in [4.69, 9.17) is 5.73 Å². The molecule has 0 fully saturated rings. The lowest BCUT2D eigenvalue weighted by molar-refractivity contribution is 0.243. The Morgan fingerprint density at radius 2 is 1.95 bits per heavy atom. The van der Waals surface area contributed by atoms with Gasteiger partial charge in [-0.3, -0.25) is 0 Å². The molecule has 2 aromatic carbocycles. The second-order valence-corrected chi connectivity index (χ2v) is 5.35. The first-order valence-corrected chi connectivity index (χ1v) is 7.03. The number of rotatable bonds is 5. The number of nitrogen functional groups attached to an aromatic ring is 1. The van der Waals surface area contributed by atoms with Gasteiger partial charge in [0, 0.05) is 11.0 Å². The first-order chi connectivity index (χ1) is 9.61. The highest BCUT2D eigenvalue weighted by atomic mass is 79.9. The molecule has 2 rings (SSSR count). The lowest BCUT2D eigenvalue weighted by Gasteiger charge is -2.18. The van der Waals surface area contributed by atoms with Gasteiger partial charge in [0.25, 0.3) is 0 Å². The van der Waals surface area contributed by atoms with Crippen LogP contribution in [-0.4, -0.2) is 11.7 Å². The maximum absolute atomic E-state index is 13.6. The van der Waals surface area contributed by atoms with Crippen molar-refractivity contribution in [2.75, 3.05) is 12.3 Å². The molecule has 0 aliphatic carbocycles. The number of halogens is 2. The van der Waals surface area contributed by atoms with Crippen LogP contribution in [-0.2, 0) is 6.54 Å². The van der Waals surface area contributed by atoms with Crippen LogP contribution in [0.5, 0.6) is 0 Å². The lowest BCUT2D eigenvalue weighted by Crippen LogP contribution is -2.24. The maximum Gasteiger partial charge on any atom is 0.147 e. The highest BCUT2D eigenvalue weighted by Crippen LogP contribution is 2.27. The Morgan fingerprint density at radius 1 is 1.25 bits per heavy atom. The number of hydrogen-bond donors (Lipinski definition) is 3. The van der Waals surface area contributed by atoms with Crippen molar-refractivity contribution in [1.29, 1.82) is 0 Å². The monoisotopic (exact) mass is 338 g/mol. The van der Waals surface area contributed by atoms with Crippen molar-refractivity contribution in [2.45, 2.75) is 12.6 Å². The van der Waals surface area contributed by atoms with Gasteiger partial charge in [0.1, 0.15) is 5.82 Å². The van der Waals surface area contributed by atoms with Crippen molar-refractivity contribution < 1.29 is 9.50 Å². The third kappa shape index (κ3) is 3.56. The standard InChI is InChI=1S/C15H16BrFN2O/c16-12-6-11(7-13(17)15(12)18)14(9-20)19-8-10-4-2-1-3-5-10/h1-7,14,19-20H,8-9,18H2. The van der Waals surface area contributed by atoms with Crippen molar-refractivity contribution in [1.82, 2.24) is 5.32 Å². The highest BCUT2D eigenvalue weighted by Gasteiger charge is 2.14. The number of aliphatic hydroxyl groups excluding tert-OH is 1. The summed E-state index contributed by atoms with van der Waals surface area (Å²) in [6.45, 7) is 0.471. The molecule has 3 nitrogen and oxygen atoms in total. The van der Waals surface area contributed by atoms with Gasteiger partial charge in [-0.05, 0) is 39.2 Å². The molecule has 0 aromatic heterocycles. The number of nitrogens with two attached hydrogens (primary N) is 1. The fraction of sp³-hybridized carbons (Fsp3) is 0.200. The molecule has 5 heteroatoms. The molecule has 2 aromatic rings. The second-order valence-electron chi connectivity index (χ2n) is 4.50. The number of benzene rings is 2. The first-order valence-electron chi connectivity index (χ1n) is 6.24. The summed E-state index contributed by atoms with van der Waals surface area (Å²) in [4.78, 5) is 0. The van der Waals surface area contributed by atoms with Crippen LogP contribution >= 0.6 is 15.9 Å². The first kappa shape index (κ1) is 15.0. The van der Waals surface area contributed by atoms with Crippen molar-refractivity contribution >= 4 is 21.6 Å². The molecule has 0 amide bonds. The van der Waals surface area contributed by atoms with Crippen molar-refractivity contribution in [2.24, 2.45) is 0 Å². The van der Waals surface area contributed by atoms with Crippen LogP contribution in [0.2, 0.25) is 0 Å². The van der Waals surface area contributed by atoms with E-state index in [1.54, 1.807) is 6.07 Å². The minimum absolute atomic E-state index is 0.0773. The summed E-state index contributed by atoms with van der Waals surface area (Å²) < 4.78 is 14.1. The predicted molar refractivity (Wildman–Crippen MR) is 81.6 cm³/mol. The molecule has 0 saturated carbocycles. The molecule has 0 radical (unpaired) electrons. The van der Waals surface area contributed by atoms with E-state index in [-0.39, 0.29) is 18.3 Å². The molecular formula is C15H16BrFN2O. The number of hydrogen-bond acceptors (Lipinski definition) is 3. The average Bonchev–Trinajstić information content (AvgIpc) is 2.46. The SMILES string of the molecule is Nc1c(F)cc(C(CO)NCc2ccccc2)cc1Br. The summed E-state index contributed by atoms with van der Waals surface area (Å²) in [6, 6.07) is 12.5. The van der Waals surface area contributed by atoms with Gasteiger partial charge in [0.15, 0.2) is 0 Å². The minimum Gasteiger partial charge on any atom is -0.395 e. The fourth-order valence-electron chi connectivity index (χ4n) is 1.93. The molecule has 0 heterocycles. The molecule has 0 bridgehead atoms. The van der Waals surface area contributed by atoms with Gasteiger partial charge < -0.3 is 16.2 Å². The summed E-state index contributed by atoms with van der Waals surface area (Å²) in [7, 11) is 0. The molecule has 106 valence electrons. The zero-order valence-corrected chi connectivity index (χ0v) is 12.4. The third-order valence-electron chi connectivity index (χ3n) is 3.08. The van der Waals surface area contributed by atoms with Gasteiger partial charge in [0.05, 0.1) is 18.3 Å². The van der Waals surface area contributed by atoms with Crippen molar-refractivity contribution in [3.63, 3.8) is 0 Å². The van der Waals surface area contributed by atoms with Crippen molar-refractivity contribution in [3.05, 3.63) is 63.9 Å². The summed E-state index contributed by atoms with van der Waals surface area (Å²) >= 11 is 3.22. The van der Waals surface area contributed by atoms with E-state index in [0.29, 0.717) is 16.6 Å². The van der Waals surface area contributed by atoms with Crippen LogP contribution in [0.4, 0.5) is 10.1 Å². The zero-order valence-electron chi connectivity index (χ0n) is 10.8. The lowest BCUT2D eigenvalue weighted by atomic mass is 10.1. The van der Waals surface area contributed by atoms with Crippen LogP contribution < -0.4 is 11.1 Å². The van der Waals surface area contributed by atoms with Crippen LogP contribution in [0, 0.1) is 5.82 Å². The quantitative estimate of drug-likeness (QED) is 0.734. The van der Waals surface area contributed by atoms with Gasteiger partial charge in [-0.15, -0.1) is 0 Å². The smallest absolute Gasteiger partial charge is 0.147 e. The van der Waals surface area contributed by atoms with Crippen LogP contribution in [0.15, 0.2) is 46.9 Å². The Kier molecular flexibility index (Phi) is 5.11. The van der Waals surface area contributed by atoms with E-state index in [0.717, 1.165) is 5.56 Å². The van der Waals surface area contributed by atoms with Crippen LogP contribution in [0.3, 0.4) is 0 Å². The summed E-state index contributed by atoms with van der Waals surface area (Å²) in [5, 5.41) is 12.7. The summed E-state index contributed by atoms with van der Waals surface area (Å²) in [5.41, 5.74) is 7.38. The topological polar surface area (TPSA) is 58.3 Å². The zero-order chi connectivity index (χ0) is 14.5. The molecule has 0 aliphatic heterocycles. The minimum atomic E-state index is -0.491. The largest absolute Gasteiger partial charge is 0.395 e. The van der Waals surface area contributed by atoms with Gasteiger partial charge in [0.2, 0.25) is 0 Å². The predicted octanol–water partition coefficient (Wildman–Crippen LogP) is 2.99. The van der Waals surface area contributed by atoms with E-state index in [1.807, 2.05) is 30.3 Å². The van der Waals surface area contributed by atoms with Crippen LogP contribution in [0.25, 0.3) is 0 Å². The van der Waals surface area contributed by atoms with Gasteiger partial charge in [-0.25, -0.2) is 4.39 Å². The maximum atomic E-state index is 13.6. The Hall–Kier alpha value is -1.43. The van der Waals surface area contributed by atoms with Crippen molar-refractivity contribution in [3.8, 4) is 0 Å². The molecule has 20 heavy (non-hydrogen) atoms. The highest BCUT2D eigenvalue weighted by molar-refractivity contribution is 9.10. The van der Waals surface area contributed by atoms with Gasteiger partial charge in [-0.1, -0.05) is 30.3 Å². The van der Waals surface area contributed by atoms with E-state index >= 15 is 0 Å². The normalized spacial score (nSPS) is 12.3. The van der Waals surface area contributed by atoms with E-state index < -0.39 is 5.82 Å². The molecule has 1 unspecified atom stereocenters. The molecule has 0 saturated heterocycles.